The van der Waals surface area contributed by atoms with Crippen molar-refractivity contribution in [2.24, 2.45) is 5.92 Å². The highest BCUT2D eigenvalue weighted by Gasteiger charge is 2.13. The number of nitro groups is 1. The molecule has 1 atom stereocenters. The molecule has 0 aliphatic carbocycles. The smallest absolute Gasteiger partial charge is 0.292 e. The van der Waals surface area contributed by atoms with Crippen LogP contribution in [0.5, 0.6) is 0 Å². The Hall–Kier alpha value is -1.62. The Morgan fingerprint density at radius 1 is 1.47 bits per heavy atom. The van der Waals surface area contributed by atoms with E-state index < -0.39 is 0 Å². The van der Waals surface area contributed by atoms with E-state index in [0.29, 0.717) is 24.8 Å². The molecule has 0 fully saturated rings. The van der Waals surface area contributed by atoms with Crippen LogP contribution in [0.25, 0.3) is 0 Å². The van der Waals surface area contributed by atoms with Gasteiger partial charge >= 0.3 is 0 Å². The minimum atomic E-state index is -0.380. The summed E-state index contributed by atoms with van der Waals surface area (Å²) in [5.41, 5.74) is 1.44. The Bertz CT molecular complexity index is 421. The molecule has 5 nitrogen and oxygen atoms in total. The van der Waals surface area contributed by atoms with E-state index in [0.717, 1.165) is 18.4 Å². The maximum Gasteiger partial charge on any atom is 0.292 e. The maximum atomic E-state index is 10.9. The van der Waals surface area contributed by atoms with Gasteiger partial charge in [0.25, 0.3) is 5.69 Å². The van der Waals surface area contributed by atoms with E-state index in [2.05, 4.69) is 19.2 Å². The summed E-state index contributed by atoms with van der Waals surface area (Å²) >= 11 is 0. The molecule has 5 heteroatoms. The topological polar surface area (TPSA) is 64.4 Å². The minimum Gasteiger partial charge on any atom is -0.383 e. The van der Waals surface area contributed by atoms with E-state index >= 15 is 0 Å². The van der Waals surface area contributed by atoms with Crippen LogP contribution in [0, 0.1) is 16.0 Å². The van der Waals surface area contributed by atoms with E-state index in [1.807, 2.05) is 6.07 Å². The van der Waals surface area contributed by atoms with Gasteiger partial charge in [-0.15, -0.1) is 0 Å². The van der Waals surface area contributed by atoms with E-state index in [1.54, 1.807) is 19.2 Å². The van der Waals surface area contributed by atoms with Crippen molar-refractivity contribution >= 4 is 11.4 Å². The van der Waals surface area contributed by atoms with Gasteiger partial charge in [0.2, 0.25) is 0 Å². The van der Waals surface area contributed by atoms with Crippen molar-refractivity contribution in [1.82, 2.24) is 0 Å². The van der Waals surface area contributed by atoms with Crippen LogP contribution in [0.3, 0.4) is 0 Å². The number of nitrogens with zero attached hydrogens (tertiary/aromatic N) is 1. The van der Waals surface area contributed by atoms with Crippen LogP contribution < -0.4 is 5.32 Å². The summed E-state index contributed by atoms with van der Waals surface area (Å²) in [4.78, 5) is 10.5. The molecule has 0 spiro atoms. The Balaban J connectivity index is 2.60. The van der Waals surface area contributed by atoms with Crippen LogP contribution in [0.2, 0.25) is 0 Å². The number of ether oxygens (including phenoxy) is 1. The van der Waals surface area contributed by atoms with Crippen molar-refractivity contribution in [3.05, 3.63) is 33.9 Å². The molecule has 0 saturated carbocycles. The summed E-state index contributed by atoms with van der Waals surface area (Å²) in [6, 6.07) is 5.13. The van der Waals surface area contributed by atoms with Gasteiger partial charge in [-0.2, -0.15) is 0 Å². The largest absolute Gasteiger partial charge is 0.383 e. The molecule has 1 unspecified atom stereocenters. The molecule has 0 heterocycles. The first kappa shape index (κ1) is 15.4. The average molecular weight is 266 g/mol. The van der Waals surface area contributed by atoms with Gasteiger partial charge < -0.3 is 10.1 Å². The molecule has 0 radical (unpaired) electrons. The van der Waals surface area contributed by atoms with E-state index in [4.69, 9.17) is 4.74 Å². The SMILES string of the molecule is CCCC(C)COCc1ccc(NC)c([N+](=O)[O-])c1. The van der Waals surface area contributed by atoms with Crippen LogP contribution in [0.1, 0.15) is 32.3 Å². The monoisotopic (exact) mass is 266 g/mol. The molecule has 19 heavy (non-hydrogen) atoms. The Labute approximate surface area is 114 Å². The summed E-state index contributed by atoms with van der Waals surface area (Å²) in [7, 11) is 1.67. The van der Waals surface area contributed by atoms with Crippen LogP contribution in [0.4, 0.5) is 11.4 Å². The third-order valence-corrected chi connectivity index (χ3v) is 2.98. The first-order chi connectivity index (χ1) is 9.08. The van der Waals surface area contributed by atoms with Gasteiger partial charge in [-0.05, 0) is 24.0 Å². The quantitative estimate of drug-likeness (QED) is 0.577. The van der Waals surface area contributed by atoms with Crippen molar-refractivity contribution in [3.8, 4) is 0 Å². The molecule has 0 aliphatic heterocycles. The predicted molar refractivity (Wildman–Crippen MR) is 76.4 cm³/mol. The Morgan fingerprint density at radius 2 is 2.21 bits per heavy atom. The summed E-state index contributed by atoms with van der Waals surface area (Å²) in [5, 5.41) is 13.7. The highest BCUT2D eigenvalue weighted by atomic mass is 16.6. The molecule has 106 valence electrons. The zero-order valence-corrected chi connectivity index (χ0v) is 11.8. The lowest BCUT2D eigenvalue weighted by Crippen LogP contribution is -2.06. The summed E-state index contributed by atoms with van der Waals surface area (Å²) in [6.07, 6.45) is 2.28. The van der Waals surface area contributed by atoms with Gasteiger partial charge in [-0.3, -0.25) is 10.1 Å². The average Bonchev–Trinajstić information content (AvgIpc) is 2.38. The second-order valence-corrected chi connectivity index (χ2v) is 4.77. The molecule has 0 saturated heterocycles. The number of benzene rings is 1. The molecule has 0 aliphatic rings. The first-order valence-corrected chi connectivity index (χ1v) is 6.61. The lowest BCUT2D eigenvalue weighted by molar-refractivity contribution is -0.384. The zero-order chi connectivity index (χ0) is 14.3. The van der Waals surface area contributed by atoms with Gasteiger partial charge in [0, 0.05) is 19.7 Å². The fourth-order valence-electron chi connectivity index (χ4n) is 1.98. The van der Waals surface area contributed by atoms with Crippen LogP contribution in [-0.2, 0) is 11.3 Å². The first-order valence-electron chi connectivity index (χ1n) is 6.61. The van der Waals surface area contributed by atoms with E-state index in [9.17, 15) is 10.1 Å². The standard InChI is InChI=1S/C14H22N2O3/c1-4-5-11(2)9-19-10-12-6-7-13(15-3)14(8-12)16(17)18/h6-8,11,15H,4-5,9-10H2,1-3H3. The Kier molecular flexibility index (Phi) is 6.29. The highest BCUT2D eigenvalue weighted by molar-refractivity contribution is 5.62. The Morgan fingerprint density at radius 3 is 2.79 bits per heavy atom. The fraction of sp³-hybridized carbons (Fsp3) is 0.571. The molecule has 0 aromatic heterocycles. The lowest BCUT2D eigenvalue weighted by Gasteiger charge is -2.11. The molecule has 1 aromatic carbocycles. The van der Waals surface area contributed by atoms with Crippen LogP contribution >= 0.6 is 0 Å². The van der Waals surface area contributed by atoms with Crippen molar-refractivity contribution < 1.29 is 9.66 Å². The molecule has 1 aromatic rings. The maximum absolute atomic E-state index is 10.9. The molecule has 1 rings (SSSR count). The number of nitrogens with one attached hydrogen (secondary N) is 1. The summed E-state index contributed by atoms with van der Waals surface area (Å²) < 4.78 is 5.60. The number of hydrogen-bond acceptors (Lipinski definition) is 4. The third kappa shape index (κ3) is 4.87. The van der Waals surface area contributed by atoms with Crippen molar-refractivity contribution in [3.63, 3.8) is 0 Å². The van der Waals surface area contributed by atoms with Crippen molar-refractivity contribution in [1.29, 1.82) is 0 Å². The summed E-state index contributed by atoms with van der Waals surface area (Å²) in [5.74, 6) is 0.525. The molecular formula is C14H22N2O3. The predicted octanol–water partition coefficient (Wildman–Crippen LogP) is 3.59. The van der Waals surface area contributed by atoms with Crippen LogP contribution in [-0.4, -0.2) is 18.6 Å². The van der Waals surface area contributed by atoms with Crippen LogP contribution in [0.15, 0.2) is 18.2 Å². The fourth-order valence-corrected chi connectivity index (χ4v) is 1.98. The van der Waals surface area contributed by atoms with Crippen molar-refractivity contribution in [2.75, 3.05) is 19.0 Å². The number of anilines is 1. The minimum absolute atomic E-state index is 0.0882. The van der Waals surface area contributed by atoms with Gasteiger partial charge in [0.1, 0.15) is 5.69 Å². The highest BCUT2D eigenvalue weighted by Crippen LogP contribution is 2.25. The van der Waals surface area contributed by atoms with Gasteiger partial charge in [0.15, 0.2) is 0 Å². The second kappa shape index (κ2) is 7.74. The van der Waals surface area contributed by atoms with E-state index in [-0.39, 0.29) is 10.6 Å². The third-order valence-electron chi connectivity index (χ3n) is 2.98. The summed E-state index contributed by atoms with van der Waals surface area (Å²) in [6.45, 7) is 5.40. The van der Waals surface area contributed by atoms with Crippen molar-refractivity contribution in [2.45, 2.75) is 33.3 Å². The normalized spacial score (nSPS) is 12.2. The molecule has 0 bridgehead atoms. The second-order valence-electron chi connectivity index (χ2n) is 4.77. The lowest BCUT2D eigenvalue weighted by atomic mass is 10.1. The van der Waals surface area contributed by atoms with Gasteiger partial charge in [-0.1, -0.05) is 26.3 Å². The van der Waals surface area contributed by atoms with Gasteiger partial charge in [-0.25, -0.2) is 0 Å². The molecular weight excluding hydrogens is 244 g/mol. The number of nitro benzene ring substituents is 1. The number of rotatable bonds is 8. The van der Waals surface area contributed by atoms with Gasteiger partial charge in [0.05, 0.1) is 11.5 Å². The zero-order valence-electron chi connectivity index (χ0n) is 11.8. The van der Waals surface area contributed by atoms with E-state index in [1.165, 1.54) is 0 Å². The number of hydrogen-bond donors (Lipinski definition) is 1. The molecule has 0 amide bonds. The molecule has 1 N–H and O–H groups in total.